The molecule has 8 nitrogen and oxygen atoms in total. The van der Waals surface area contributed by atoms with Crippen molar-refractivity contribution in [2.45, 2.75) is 32.8 Å². The normalized spacial score (nSPS) is 17.2. The standard InChI is InChI=1S/C22H23FN6O2/c1-4-16-20-12-7-19(22(25)27-10-12)30-11(2)15-8-13(23)5-6-14(15)21(24)17(28-26-3)9-18(20)31-29-16/h5-8,10-11,24,26H,4,9H2,1-3H3,(H2,25,27)/b24-21?,28-17-. The predicted octanol–water partition coefficient (Wildman–Crippen LogP) is 3.66. The molecule has 0 saturated carbocycles. The van der Waals surface area contributed by atoms with Gasteiger partial charge in [0.25, 0.3) is 0 Å². The number of aryl methyl sites for hydroxylation is 1. The highest BCUT2D eigenvalue weighted by Gasteiger charge is 2.26. The fraction of sp³-hybridized carbons (Fsp3) is 0.273. The Balaban J connectivity index is 1.99. The Kier molecular flexibility index (Phi) is 5.41. The Hall–Kier alpha value is -3.75. The number of rotatable bonds is 2. The molecule has 0 spiro atoms. The van der Waals surface area contributed by atoms with Gasteiger partial charge >= 0.3 is 0 Å². The van der Waals surface area contributed by atoms with Crippen LogP contribution in [0.5, 0.6) is 5.75 Å². The van der Waals surface area contributed by atoms with E-state index in [1.54, 1.807) is 32.3 Å². The molecule has 0 radical (unpaired) electrons. The van der Waals surface area contributed by atoms with E-state index in [9.17, 15) is 4.39 Å². The zero-order valence-corrected chi connectivity index (χ0v) is 17.5. The van der Waals surface area contributed by atoms with E-state index in [2.05, 4.69) is 20.7 Å². The first-order valence-electron chi connectivity index (χ1n) is 9.94. The minimum Gasteiger partial charge on any atom is -0.482 e. The van der Waals surface area contributed by atoms with Gasteiger partial charge in [-0.05, 0) is 37.6 Å². The second-order valence-electron chi connectivity index (χ2n) is 7.21. The number of anilines is 1. The van der Waals surface area contributed by atoms with Gasteiger partial charge in [0.15, 0.2) is 17.3 Å². The molecule has 1 atom stereocenters. The van der Waals surface area contributed by atoms with Crippen molar-refractivity contribution >= 4 is 17.2 Å². The van der Waals surface area contributed by atoms with Crippen LogP contribution in [0.15, 0.2) is 40.1 Å². The van der Waals surface area contributed by atoms with Crippen LogP contribution in [0.4, 0.5) is 10.2 Å². The van der Waals surface area contributed by atoms with Gasteiger partial charge in [0.2, 0.25) is 0 Å². The number of halogens is 1. The van der Waals surface area contributed by atoms with Crippen molar-refractivity contribution in [2.75, 3.05) is 12.8 Å². The minimum atomic E-state index is -0.590. The van der Waals surface area contributed by atoms with Crippen molar-refractivity contribution in [2.24, 2.45) is 5.10 Å². The molecule has 2 bridgehead atoms. The van der Waals surface area contributed by atoms with Gasteiger partial charge < -0.3 is 20.4 Å². The van der Waals surface area contributed by atoms with Gasteiger partial charge in [-0.1, -0.05) is 12.1 Å². The van der Waals surface area contributed by atoms with Crippen LogP contribution >= 0.6 is 0 Å². The lowest BCUT2D eigenvalue weighted by Crippen LogP contribution is -2.23. The number of hydrogen-bond acceptors (Lipinski definition) is 8. The summed E-state index contributed by atoms with van der Waals surface area (Å²) in [7, 11) is 1.66. The van der Waals surface area contributed by atoms with Crippen LogP contribution in [0.2, 0.25) is 0 Å². The number of hydrazone groups is 1. The number of nitrogens with one attached hydrogen (secondary N) is 2. The topological polar surface area (TPSA) is 122 Å². The van der Waals surface area contributed by atoms with E-state index >= 15 is 0 Å². The van der Waals surface area contributed by atoms with Gasteiger partial charge in [-0.3, -0.25) is 5.41 Å². The van der Waals surface area contributed by atoms with Gasteiger partial charge in [-0.25, -0.2) is 9.37 Å². The fourth-order valence-electron chi connectivity index (χ4n) is 3.72. The maximum absolute atomic E-state index is 14.1. The lowest BCUT2D eigenvalue weighted by atomic mass is 9.93. The van der Waals surface area contributed by atoms with E-state index < -0.39 is 11.9 Å². The van der Waals surface area contributed by atoms with Gasteiger partial charge in [0.05, 0.1) is 23.5 Å². The summed E-state index contributed by atoms with van der Waals surface area (Å²) in [5.74, 6) is 0.705. The summed E-state index contributed by atoms with van der Waals surface area (Å²) in [5, 5.41) is 17.3. The third-order valence-corrected chi connectivity index (χ3v) is 5.23. The van der Waals surface area contributed by atoms with Crippen LogP contribution in [0.3, 0.4) is 0 Å². The van der Waals surface area contributed by atoms with E-state index in [1.807, 2.05) is 6.92 Å². The molecule has 1 aromatic carbocycles. The lowest BCUT2D eigenvalue weighted by molar-refractivity contribution is 0.227. The zero-order valence-electron chi connectivity index (χ0n) is 17.5. The number of nitrogens with two attached hydrogens (primary N) is 1. The minimum absolute atomic E-state index is 0.135. The summed E-state index contributed by atoms with van der Waals surface area (Å²) in [6, 6.07) is 6.02. The molecule has 9 heteroatoms. The molecular formula is C22H23FN6O2. The Morgan fingerprint density at radius 1 is 1.35 bits per heavy atom. The molecule has 4 rings (SSSR count). The van der Waals surface area contributed by atoms with Crippen molar-refractivity contribution in [1.82, 2.24) is 15.6 Å². The summed E-state index contributed by atoms with van der Waals surface area (Å²) in [5.41, 5.74) is 12.7. The Morgan fingerprint density at radius 2 is 2.16 bits per heavy atom. The van der Waals surface area contributed by atoms with E-state index in [-0.39, 0.29) is 18.0 Å². The summed E-state index contributed by atoms with van der Waals surface area (Å²) in [6.07, 6.45) is 1.91. The second kappa shape index (κ2) is 8.17. The number of hydrogen-bond donors (Lipinski definition) is 3. The van der Waals surface area contributed by atoms with Crippen molar-refractivity contribution < 1.29 is 13.7 Å². The van der Waals surface area contributed by atoms with E-state index in [1.165, 1.54) is 12.1 Å². The molecular weight excluding hydrogens is 399 g/mol. The number of benzene rings is 1. The molecule has 4 N–H and O–H groups in total. The van der Waals surface area contributed by atoms with Crippen molar-refractivity contribution in [3.8, 4) is 16.9 Å². The van der Waals surface area contributed by atoms with Gasteiger partial charge in [-0.2, -0.15) is 5.10 Å². The third-order valence-electron chi connectivity index (χ3n) is 5.23. The van der Waals surface area contributed by atoms with Crippen molar-refractivity contribution in [3.63, 3.8) is 0 Å². The van der Waals surface area contributed by atoms with Gasteiger partial charge in [0, 0.05) is 35.5 Å². The first-order chi connectivity index (χ1) is 14.9. The molecule has 31 heavy (non-hydrogen) atoms. The summed E-state index contributed by atoms with van der Waals surface area (Å²) in [4.78, 5) is 4.29. The number of nitrogen functional groups attached to an aromatic ring is 1. The lowest BCUT2D eigenvalue weighted by Gasteiger charge is -2.21. The fourth-order valence-corrected chi connectivity index (χ4v) is 3.72. The number of pyridine rings is 1. The highest BCUT2D eigenvalue weighted by Crippen LogP contribution is 2.36. The molecule has 0 fully saturated rings. The Labute approximate surface area is 178 Å². The summed E-state index contributed by atoms with van der Waals surface area (Å²) in [6.45, 7) is 3.76. The molecule has 3 aromatic rings. The van der Waals surface area contributed by atoms with E-state index in [4.69, 9.17) is 20.4 Å². The van der Waals surface area contributed by atoms with Gasteiger partial charge in [-0.15, -0.1) is 0 Å². The first-order valence-corrected chi connectivity index (χ1v) is 9.94. The Morgan fingerprint density at radius 3 is 2.90 bits per heavy atom. The summed E-state index contributed by atoms with van der Waals surface area (Å²) >= 11 is 0. The highest BCUT2D eigenvalue weighted by atomic mass is 19.1. The van der Waals surface area contributed by atoms with E-state index in [0.29, 0.717) is 34.8 Å². The number of fused-ring (bicyclic) bond motifs is 5. The average Bonchev–Trinajstić information content (AvgIpc) is 3.16. The molecule has 3 heterocycles. The first kappa shape index (κ1) is 20.5. The van der Waals surface area contributed by atoms with Crippen LogP contribution in [0, 0.1) is 11.2 Å². The SMILES string of the molecule is CCc1noc2c1-c1cnc(N)c(c1)OC(C)c1cc(F)ccc1C(=N)/C(=N\NC)C2. The predicted molar refractivity (Wildman–Crippen MR) is 116 cm³/mol. The molecule has 0 aliphatic carbocycles. The Bertz CT molecular complexity index is 1190. The number of nitrogens with zero attached hydrogens (tertiary/aromatic N) is 3. The van der Waals surface area contributed by atoms with Crippen LogP contribution in [0.25, 0.3) is 11.1 Å². The third kappa shape index (κ3) is 3.74. The van der Waals surface area contributed by atoms with Crippen molar-refractivity contribution in [1.29, 1.82) is 5.41 Å². The van der Waals surface area contributed by atoms with Crippen molar-refractivity contribution in [3.05, 3.63) is 58.9 Å². The van der Waals surface area contributed by atoms with Crippen LogP contribution in [-0.4, -0.2) is 28.6 Å². The average molecular weight is 422 g/mol. The van der Waals surface area contributed by atoms with Crippen LogP contribution in [0.1, 0.15) is 42.5 Å². The maximum Gasteiger partial charge on any atom is 0.166 e. The highest BCUT2D eigenvalue weighted by molar-refractivity contribution is 6.47. The monoisotopic (exact) mass is 422 g/mol. The smallest absolute Gasteiger partial charge is 0.166 e. The molecule has 160 valence electrons. The van der Waals surface area contributed by atoms with Gasteiger partial charge in [0.1, 0.15) is 11.9 Å². The molecule has 2 aromatic heterocycles. The zero-order chi connectivity index (χ0) is 22.1. The van der Waals surface area contributed by atoms with E-state index in [0.717, 1.165) is 16.8 Å². The molecule has 0 amide bonds. The second-order valence-corrected chi connectivity index (χ2v) is 7.21. The summed E-state index contributed by atoms with van der Waals surface area (Å²) < 4.78 is 25.8. The van der Waals surface area contributed by atoms with Crippen LogP contribution < -0.4 is 15.9 Å². The number of ether oxygens (including phenoxy) is 1. The molecule has 1 aliphatic heterocycles. The quantitative estimate of drug-likeness (QED) is 0.542. The molecule has 0 saturated heterocycles. The molecule has 1 unspecified atom stereocenters. The largest absolute Gasteiger partial charge is 0.482 e. The number of aromatic nitrogens is 2. The maximum atomic E-state index is 14.1. The molecule has 1 aliphatic rings. The van der Waals surface area contributed by atoms with Crippen LogP contribution in [-0.2, 0) is 12.8 Å².